The topological polar surface area (TPSA) is 126 Å². The highest BCUT2D eigenvalue weighted by Crippen LogP contribution is 2.35. The monoisotopic (exact) mass is 460 g/mol. The molecule has 1 aliphatic heterocycles. The van der Waals surface area contributed by atoms with Crippen molar-refractivity contribution in [2.75, 3.05) is 18.4 Å². The van der Waals surface area contributed by atoms with Crippen molar-refractivity contribution >= 4 is 27.9 Å². The van der Waals surface area contributed by atoms with Crippen molar-refractivity contribution in [2.45, 2.75) is 25.6 Å². The number of aromatic amines is 1. The molecule has 172 valence electrons. The Kier molecular flexibility index (Phi) is 5.85. The van der Waals surface area contributed by atoms with E-state index in [1.807, 2.05) is 6.08 Å². The van der Waals surface area contributed by atoms with E-state index in [2.05, 4.69) is 25.8 Å². The quantitative estimate of drug-likeness (QED) is 0.391. The summed E-state index contributed by atoms with van der Waals surface area (Å²) in [5, 5.41) is 24.4. The predicted molar refractivity (Wildman–Crippen MR) is 116 cm³/mol. The zero-order chi connectivity index (χ0) is 23.8. The van der Waals surface area contributed by atoms with Crippen LogP contribution in [0.3, 0.4) is 0 Å². The van der Waals surface area contributed by atoms with Crippen molar-refractivity contribution < 1.29 is 18.1 Å². The molecule has 4 rings (SSSR count). The summed E-state index contributed by atoms with van der Waals surface area (Å²) in [6.45, 7) is 3.02. The number of hydrogen-bond acceptors (Lipinski definition) is 7. The van der Waals surface area contributed by atoms with E-state index in [0.717, 1.165) is 30.7 Å². The van der Waals surface area contributed by atoms with Gasteiger partial charge in [-0.25, -0.2) is 5.10 Å². The van der Waals surface area contributed by atoms with E-state index < -0.39 is 34.0 Å². The molecule has 0 bridgehead atoms. The molecule has 0 fully saturated rings. The number of benzene rings is 1. The molecule has 0 radical (unpaired) electrons. The van der Waals surface area contributed by atoms with Gasteiger partial charge in [0, 0.05) is 30.3 Å². The van der Waals surface area contributed by atoms with Crippen LogP contribution in [0.5, 0.6) is 0 Å². The SMILES string of the molecule is C[C@@H](Nc1n[nH]c(=O)c2cnc(C3=CCCNC3)cc12)c1cc([N+](=O)[O-])cc(C(F)(F)F)c1. The van der Waals surface area contributed by atoms with Crippen LogP contribution in [-0.4, -0.2) is 33.2 Å². The average molecular weight is 460 g/mol. The molecular formula is C21H19F3N6O3. The minimum Gasteiger partial charge on any atom is -0.362 e. The zero-order valence-electron chi connectivity index (χ0n) is 17.4. The molecule has 0 saturated carbocycles. The molecule has 0 saturated heterocycles. The number of rotatable bonds is 5. The molecule has 3 N–H and O–H groups in total. The van der Waals surface area contributed by atoms with Crippen LogP contribution in [0.25, 0.3) is 16.3 Å². The number of fused-ring (bicyclic) bond motifs is 1. The molecule has 1 aromatic carbocycles. The summed E-state index contributed by atoms with van der Waals surface area (Å²) in [7, 11) is 0. The lowest BCUT2D eigenvalue weighted by Crippen LogP contribution is -2.22. The van der Waals surface area contributed by atoms with E-state index in [1.165, 1.54) is 6.20 Å². The number of aromatic nitrogens is 3. The summed E-state index contributed by atoms with van der Waals surface area (Å²) in [5.41, 5.74) is -0.610. The van der Waals surface area contributed by atoms with Crippen molar-refractivity contribution in [3.8, 4) is 0 Å². The van der Waals surface area contributed by atoms with Crippen LogP contribution >= 0.6 is 0 Å². The maximum absolute atomic E-state index is 13.3. The normalized spacial score (nSPS) is 15.2. The molecule has 12 heteroatoms. The number of nitro groups is 1. The van der Waals surface area contributed by atoms with Crippen LogP contribution in [0.15, 0.2) is 41.3 Å². The average Bonchev–Trinajstić information content (AvgIpc) is 2.80. The van der Waals surface area contributed by atoms with Crippen molar-refractivity contribution in [2.24, 2.45) is 0 Å². The van der Waals surface area contributed by atoms with Gasteiger partial charge in [0.25, 0.3) is 11.2 Å². The second-order valence-corrected chi connectivity index (χ2v) is 7.65. The minimum absolute atomic E-state index is 0.0474. The fourth-order valence-corrected chi connectivity index (χ4v) is 3.63. The van der Waals surface area contributed by atoms with Gasteiger partial charge in [0.05, 0.1) is 27.6 Å². The molecule has 3 aromatic rings. The first kappa shape index (κ1) is 22.4. The summed E-state index contributed by atoms with van der Waals surface area (Å²) < 4.78 is 39.8. The van der Waals surface area contributed by atoms with E-state index in [9.17, 15) is 28.1 Å². The summed E-state index contributed by atoms with van der Waals surface area (Å²) in [5.74, 6) is 0.213. The number of nitrogens with one attached hydrogen (secondary N) is 3. The number of alkyl halides is 3. The maximum atomic E-state index is 13.3. The van der Waals surface area contributed by atoms with E-state index in [1.54, 1.807) is 13.0 Å². The molecule has 1 aliphatic rings. The molecular weight excluding hydrogens is 441 g/mol. The molecule has 0 aliphatic carbocycles. The molecule has 33 heavy (non-hydrogen) atoms. The van der Waals surface area contributed by atoms with E-state index >= 15 is 0 Å². The number of halogens is 3. The standard InChI is InChI=1S/C21H19F3N6O3/c1-11(13-5-14(21(22,23)24)7-15(6-13)30(32)33)27-19-16-8-18(12-3-2-4-25-9-12)26-10-17(16)20(31)29-28-19/h3,5-8,10-11,25H,2,4,9H2,1H3,(H,27,28)(H,29,31)/t11-/m1/s1. The smallest absolute Gasteiger partial charge is 0.362 e. The van der Waals surface area contributed by atoms with Gasteiger partial charge in [-0.15, -0.1) is 0 Å². The number of H-pyrrole nitrogens is 1. The van der Waals surface area contributed by atoms with Gasteiger partial charge in [0.1, 0.15) is 0 Å². The molecule has 2 aromatic heterocycles. The van der Waals surface area contributed by atoms with Crippen LogP contribution < -0.4 is 16.2 Å². The van der Waals surface area contributed by atoms with Gasteiger partial charge in [-0.2, -0.15) is 18.3 Å². The third kappa shape index (κ3) is 4.70. The lowest BCUT2D eigenvalue weighted by molar-refractivity contribution is -0.385. The number of pyridine rings is 1. The second kappa shape index (κ2) is 8.62. The molecule has 0 spiro atoms. The summed E-state index contributed by atoms with van der Waals surface area (Å²) in [6, 6.07) is 3.32. The van der Waals surface area contributed by atoms with Crippen LogP contribution in [-0.2, 0) is 6.18 Å². The first-order valence-electron chi connectivity index (χ1n) is 10.0. The Bertz CT molecular complexity index is 1320. The van der Waals surface area contributed by atoms with Gasteiger partial charge in [0.2, 0.25) is 0 Å². The summed E-state index contributed by atoms with van der Waals surface area (Å²) in [6.07, 6.45) is -0.445. The van der Waals surface area contributed by atoms with Gasteiger partial charge >= 0.3 is 6.18 Å². The Morgan fingerprint density at radius 2 is 2.00 bits per heavy atom. The fraction of sp³-hybridized carbons (Fsp3) is 0.286. The van der Waals surface area contributed by atoms with Crippen molar-refractivity contribution in [3.63, 3.8) is 0 Å². The first-order valence-corrected chi connectivity index (χ1v) is 10.0. The van der Waals surface area contributed by atoms with E-state index in [-0.39, 0.29) is 16.8 Å². The molecule has 1 atom stereocenters. The van der Waals surface area contributed by atoms with E-state index in [4.69, 9.17) is 0 Å². The largest absolute Gasteiger partial charge is 0.416 e. The second-order valence-electron chi connectivity index (χ2n) is 7.65. The van der Waals surface area contributed by atoms with Crippen LogP contribution in [0.1, 0.15) is 36.2 Å². The number of non-ortho nitro benzene ring substituents is 1. The summed E-state index contributed by atoms with van der Waals surface area (Å²) in [4.78, 5) is 26.9. The van der Waals surface area contributed by atoms with Gasteiger partial charge in [0.15, 0.2) is 5.82 Å². The van der Waals surface area contributed by atoms with Crippen LogP contribution in [0.4, 0.5) is 24.7 Å². The highest BCUT2D eigenvalue weighted by molar-refractivity contribution is 5.92. The Balaban J connectivity index is 1.75. The first-order chi connectivity index (χ1) is 15.6. The molecule has 9 nitrogen and oxygen atoms in total. The Morgan fingerprint density at radius 3 is 2.67 bits per heavy atom. The number of hydrogen-bond donors (Lipinski definition) is 3. The number of nitrogens with zero attached hydrogens (tertiary/aromatic N) is 3. The number of nitro benzene ring substituents is 1. The summed E-state index contributed by atoms with van der Waals surface area (Å²) >= 11 is 0. The van der Waals surface area contributed by atoms with Crippen molar-refractivity contribution in [3.05, 3.63) is 73.8 Å². The van der Waals surface area contributed by atoms with Crippen LogP contribution in [0, 0.1) is 10.1 Å². The Morgan fingerprint density at radius 1 is 1.21 bits per heavy atom. The van der Waals surface area contributed by atoms with Crippen molar-refractivity contribution in [1.82, 2.24) is 20.5 Å². The zero-order valence-corrected chi connectivity index (χ0v) is 17.4. The molecule has 0 unspecified atom stereocenters. The Labute approximate surface area is 184 Å². The molecule has 0 amide bonds. The Hall–Kier alpha value is -3.80. The molecule has 3 heterocycles. The van der Waals surface area contributed by atoms with Crippen molar-refractivity contribution in [1.29, 1.82) is 0 Å². The minimum atomic E-state index is -4.74. The highest BCUT2D eigenvalue weighted by atomic mass is 19.4. The maximum Gasteiger partial charge on any atom is 0.416 e. The van der Waals surface area contributed by atoms with Crippen LogP contribution in [0.2, 0.25) is 0 Å². The predicted octanol–water partition coefficient (Wildman–Crippen LogP) is 3.79. The van der Waals surface area contributed by atoms with E-state index in [0.29, 0.717) is 23.7 Å². The lowest BCUT2D eigenvalue weighted by Gasteiger charge is -2.18. The number of anilines is 1. The highest BCUT2D eigenvalue weighted by Gasteiger charge is 2.33. The van der Waals surface area contributed by atoms with Gasteiger partial charge in [-0.05, 0) is 43.2 Å². The van der Waals surface area contributed by atoms with Gasteiger partial charge in [-0.1, -0.05) is 6.08 Å². The lowest BCUT2D eigenvalue weighted by atomic mass is 10.0. The fourth-order valence-electron chi connectivity index (χ4n) is 3.63. The third-order valence-corrected chi connectivity index (χ3v) is 5.36. The van der Waals surface area contributed by atoms with Gasteiger partial charge in [-0.3, -0.25) is 19.9 Å². The third-order valence-electron chi connectivity index (χ3n) is 5.36. The van der Waals surface area contributed by atoms with Gasteiger partial charge < -0.3 is 10.6 Å².